The van der Waals surface area contributed by atoms with E-state index in [1.807, 2.05) is 19.0 Å². The summed E-state index contributed by atoms with van der Waals surface area (Å²) in [6.07, 6.45) is 2.87. The van der Waals surface area contributed by atoms with E-state index in [0.717, 1.165) is 19.3 Å². The zero-order chi connectivity index (χ0) is 14.0. The molecule has 2 N–H and O–H groups in total. The van der Waals surface area contributed by atoms with Crippen molar-refractivity contribution in [2.45, 2.75) is 45.6 Å². The topological polar surface area (TPSA) is 52.6 Å². The smallest absolute Gasteiger partial charge is 0.234 e. The Bertz CT molecular complexity index is 302. The van der Waals surface area contributed by atoms with Crippen molar-refractivity contribution in [2.24, 2.45) is 11.3 Å². The van der Waals surface area contributed by atoms with Crippen LogP contribution in [-0.2, 0) is 4.79 Å². The Morgan fingerprint density at radius 1 is 1.39 bits per heavy atom. The number of aliphatic hydroxyl groups excluding tert-OH is 1. The van der Waals surface area contributed by atoms with Crippen LogP contribution >= 0.6 is 0 Å². The zero-order valence-corrected chi connectivity index (χ0v) is 12.4. The first kappa shape index (κ1) is 15.4. The molecule has 1 fully saturated rings. The molecule has 2 atom stereocenters. The largest absolute Gasteiger partial charge is 0.394 e. The minimum absolute atomic E-state index is 0.000972. The molecular formula is C14H28N2O2. The summed E-state index contributed by atoms with van der Waals surface area (Å²) >= 11 is 0. The molecular weight excluding hydrogens is 228 g/mol. The Balaban J connectivity index is 2.75. The molecule has 0 unspecified atom stereocenters. The molecule has 106 valence electrons. The standard InChI is InChI=1S/C14H28N2O2/c1-11-6-13(2,3)9-14(7-11,10-17)15-12(18)8-16(4)5/h11,17H,6-10H2,1-5H3,(H,15,18)/t11-,14+/m1/s1. The number of aliphatic hydroxyl groups is 1. The average Bonchev–Trinajstić information content (AvgIpc) is 2.12. The van der Waals surface area contributed by atoms with Gasteiger partial charge in [-0.15, -0.1) is 0 Å². The highest BCUT2D eigenvalue weighted by Gasteiger charge is 2.43. The maximum Gasteiger partial charge on any atom is 0.234 e. The second-order valence-electron chi connectivity index (χ2n) is 7.08. The summed E-state index contributed by atoms with van der Waals surface area (Å²) in [6, 6.07) is 0. The summed E-state index contributed by atoms with van der Waals surface area (Å²) < 4.78 is 0. The first-order valence-corrected chi connectivity index (χ1v) is 6.75. The van der Waals surface area contributed by atoms with Crippen LogP contribution in [0.1, 0.15) is 40.0 Å². The molecule has 1 rings (SSSR count). The summed E-state index contributed by atoms with van der Waals surface area (Å²) in [7, 11) is 3.75. The molecule has 0 spiro atoms. The van der Waals surface area contributed by atoms with E-state index in [2.05, 4.69) is 26.1 Å². The SMILES string of the molecule is C[C@@H]1CC(C)(C)C[C@@](CO)(NC(=O)CN(C)C)C1. The number of hydrogen-bond donors (Lipinski definition) is 2. The number of amides is 1. The molecule has 1 aliphatic rings. The molecule has 0 heterocycles. The highest BCUT2D eigenvalue weighted by Crippen LogP contribution is 2.43. The third kappa shape index (κ3) is 4.25. The number of nitrogens with zero attached hydrogens (tertiary/aromatic N) is 1. The van der Waals surface area contributed by atoms with Crippen LogP contribution in [0.15, 0.2) is 0 Å². The lowest BCUT2D eigenvalue weighted by Crippen LogP contribution is -2.58. The highest BCUT2D eigenvalue weighted by molar-refractivity contribution is 5.78. The predicted molar refractivity (Wildman–Crippen MR) is 73.3 cm³/mol. The number of carbonyl (C=O) groups is 1. The summed E-state index contributed by atoms with van der Waals surface area (Å²) in [4.78, 5) is 13.8. The number of nitrogens with one attached hydrogen (secondary N) is 1. The van der Waals surface area contributed by atoms with Crippen molar-refractivity contribution in [3.05, 3.63) is 0 Å². The van der Waals surface area contributed by atoms with Gasteiger partial charge in [-0.2, -0.15) is 0 Å². The number of likely N-dealkylation sites (N-methyl/N-ethyl adjacent to an activating group) is 1. The Morgan fingerprint density at radius 3 is 2.44 bits per heavy atom. The predicted octanol–water partition coefficient (Wildman–Crippen LogP) is 1.24. The van der Waals surface area contributed by atoms with Gasteiger partial charge in [-0.1, -0.05) is 20.8 Å². The number of hydrogen-bond acceptors (Lipinski definition) is 3. The van der Waals surface area contributed by atoms with Gasteiger partial charge in [0.05, 0.1) is 18.7 Å². The third-order valence-electron chi connectivity index (χ3n) is 3.62. The summed E-state index contributed by atoms with van der Waals surface area (Å²) in [5.41, 5.74) is -0.264. The summed E-state index contributed by atoms with van der Waals surface area (Å²) in [5.74, 6) is 0.527. The van der Waals surface area contributed by atoms with Crippen molar-refractivity contribution in [1.82, 2.24) is 10.2 Å². The molecule has 1 amide bonds. The molecule has 4 heteroatoms. The quantitative estimate of drug-likeness (QED) is 0.796. The van der Waals surface area contributed by atoms with Crippen LogP contribution in [-0.4, -0.2) is 48.7 Å². The van der Waals surface area contributed by atoms with Crippen LogP contribution in [0, 0.1) is 11.3 Å². The number of rotatable bonds is 4. The zero-order valence-electron chi connectivity index (χ0n) is 12.4. The molecule has 4 nitrogen and oxygen atoms in total. The maximum absolute atomic E-state index is 11.9. The molecule has 0 aliphatic heterocycles. The van der Waals surface area contributed by atoms with Crippen molar-refractivity contribution in [1.29, 1.82) is 0 Å². The monoisotopic (exact) mass is 256 g/mol. The van der Waals surface area contributed by atoms with Crippen LogP contribution in [0.25, 0.3) is 0 Å². The number of carbonyl (C=O) groups excluding carboxylic acids is 1. The lowest BCUT2D eigenvalue weighted by Gasteiger charge is -2.47. The van der Waals surface area contributed by atoms with Crippen LogP contribution < -0.4 is 5.32 Å². The van der Waals surface area contributed by atoms with Crippen molar-refractivity contribution >= 4 is 5.91 Å². The van der Waals surface area contributed by atoms with E-state index >= 15 is 0 Å². The third-order valence-corrected chi connectivity index (χ3v) is 3.62. The second kappa shape index (κ2) is 5.57. The van der Waals surface area contributed by atoms with Gasteiger partial charge in [0.2, 0.25) is 5.91 Å². The lowest BCUT2D eigenvalue weighted by atomic mass is 9.64. The normalized spacial score (nSPS) is 31.4. The fourth-order valence-electron chi connectivity index (χ4n) is 3.62. The van der Waals surface area contributed by atoms with Crippen LogP contribution in [0.2, 0.25) is 0 Å². The van der Waals surface area contributed by atoms with Gasteiger partial charge < -0.3 is 15.3 Å². The summed E-state index contributed by atoms with van der Waals surface area (Å²) in [6.45, 7) is 7.02. The van der Waals surface area contributed by atoms with Crippen molar-refractivity contribution in [3.8, 4) is 0 Å². The highest BCUT2D eigenvalue weighted by atomic mass is 16.3. The molecule has 0 aromatic heterocycles. The van der Waals surface area contributed by atoms with E-state index in [1.54, 1.807) is 0 Å². The summed E-state index contributed by atoms with van der Waals surface area (Å²) in [5, 5.41) is 12.8. The van der Waals surface area contributed by atoms with Gasteiger partial charge in [-0.05, 0) is 44.7 Å². The van der Waals surface area contributed by atoms with Crippen molar-refractivity contribution < 1.29 is 9.90 Å². The molecule has 18 heavy (non-hydrogen) atoms. The molecule has 1 aliphatic carbocycles. The van der Waals surface area contributed by atoms with E-state index in [0.29, 0.717) is 12.5 Å². The lowest BCUT2D eigenvalue weighted by molar-refractivity contribution is -0.125. The fraction of sp³-hybridized carbons (Fsp3) is 0.929. The Kier molecular flexibility index (Phi) is 4.78. The van der Waals surface area contributed by atoms with Crippen LogP contribution in [0.3, 0.4) is 0 Å². The Labute approximate surface area is 111 Å². The van der Waals surface area contributed by atoms with Gasteiger partial charge >= 0.3 is 0 Å². The van der Waals surface area contributed by atoms with E-state index in [1.165, 1.54) is 0 Å². The minimum Gasteiger partial charge on any atom is -0.394 e. The first-order chi connectivity index (χ1) is 8.18. The van der Waals surface area contributed by atoms with E-state index in [-0.39, 0.29) is 17.9 Å². The second-order valence-corrected chi connectivity index (χ2v) is 7.08. The molecule has 0 saturated heterocycles. The molecule has 0 aromatic rings. The fourth-order valence-corrected chi connectivity index (χ4v) is 3.62. The Hall–Kier alpha value is -0.610. The molecule has 0 radical (unpaired) electrons. The molecule has 0 aromatic carbocycles. The minimum atomic E-state index is -0.436. The van der Waals surface area contributed by atoms with E-state index < -0.39 is 5.54 Å². The van der Waals surface area contributed by atoms with Gasteiger partial charge in [0.15, 0.2) is 0 Å². The van der Waals surface area contributed by atoms with Crippen molar-refractivity contribution in [3.63, 3.8) is 0 Å². The van der Waals surface area contributed by atoms with Crippen molar-refractivity contribution in [2.75, 3.05) is 27.2 Å². The molecule has 0 bridgehead atoms. The van der Waals surface area contributed by atoms with Gasteiger partial charge in [-0.3, -0.25) is 4.79 Å². The Morgan fingerprint density at radius 2 is 2.00 bits per heavy atom. The average molecular weight is 256 g/mol. The van der Waals surface area contributed by atoms with E-state index in [9.17, 15) is 9.90 Å². The van der Waals surface area contributed by atoms with Crippen LogP contribution in [0.5, 0.6) is 0 Å². The first-order valence-electron chi connectivity index (χ1n) is 6.75. The maximum atomic E-state index is 11.9. The van der Waals surface area contributed by atoms with Crippen LogP contribution in [0.4, 0.5) is 0 Å². The van der Waals surface area contributed by atoms with Gasteiger partial charge in [0.1, 0.15) is 0 Å². The van der Waals surface area contributed by atoms with Gasteiger partial charge in [-0.25, -0.2) is 0 Å². The van der Waals surface area contributed by atoms with Gasteiger partial charge in [0.25, 0.3) is 0 Å². The molecule has 1 saturated carbocycles. The van der Waals surface area contributed by atoms with Gasteiger partial charge in [0, 0.05) is 0 Å². The van der Waals surface area contributed by atoms with E-state index in [4.69, 9.17) is 0 Å².